The number of anilines is 1. The third-order valence-corrected chi connectivity index (χ3v) is 3.26. The van der Waals surface area contributed by atoms with Crippen LogP contribution in [0.1, 0.15) is 36.0 Å². The van der Waals surface area contributed by atoms with Gasteiger partial charge in [-0.2, -0.15) is 0 Å². The zero-order chi connectivity index (χ0) is 12.1. The van der Waals surface area contributed by atoms with Crippen molar-refractivity contribution in [3.05, 3.63) is 23.9 Å². The van der Waals surface area contributed by atoms with E-state index in [1.807, 2.05) is 0 Å². The van der Waals surface area contributed by atoms with Gasteiger partial charge in [0, 0.05) is 12.7 Å². The molecule has 0 bridgehead atoms. The van der Waals surface area contributed by atoms with E-state index < -0.39 is 0 Å². The zero-order valence-electron chi connectivity index (χ0n) is 10.1. The first kappa shape index (κ1) is 11.9. The third-order valence-electron chi connectivity index (χ3n) is 3.26. The molecule has 1 heterocycles. The molecule has 1 fully saturated rings. The van der Waals surface area contributed by atoms with Crippen molar-refractivity contribution in [2.75, 3.05) is 19.0 Å². The first-order valence-corrected chi connectivity index (χ1v) is 6.08. The van der Waals surface area contributed by atoms with Crippen LogP contribution in [0, 0.1) is 5.92 Å². The number of rotatable bonds is 5. The minimum atomic E-state index is -0.325. The Bertz CT molecular complexity index is 389. The van der Waals surface area contributed by atoms with Crippen molar-refractivity contribution in [3.63, 3.8) is 0 Å². The van der Waals surface area contributed by atoms with Gasteiger partial charge in [-0.1, -0.05) is 19.3 Å². The highest BCUT2D eigenvalue weighted by Gasteiger charge is 2.16. The van der Waals surface area contributed by atoms with Gasteiger partial charge in [-0.15, -0.1) is 0 Å². The van der Waals surface area contributed by atoms with Crippen LogP contribution in [0.25, 0.3) is 0 Å². The van der Waals surface area contributed by atoms with Crippen molar-refractivity contribution in [1.29, 1.82) is 0 Å². The Balaban J connectivity index is 1.84. The molecule has 4 nitrogen and oxygen atoms in total. The summed E-state index contributed by atoms with van der Waals surface area (Å²) in [7, 11) is 1.38. The van der Waals surface area contributed by atoms with Gasteiger partial charge >= 0.3 is 5.97 Å². The quantitative estimate of drug-likeness (QED) is 0.795. The highest BCUT2D eigenvalue weighted by atomic mass is 16.5. The van der Waals surface area contributed by atoms with Crippen LogP contribution in [-0.2, 0) is 4.74 Å². The Labute approximate surface area is 101 Å². The van der Waals surface area contributed by atoms with E-state index in [1.165, 1.54) is 32.8 Å². The van der Waals surface area contributed by atoms with Gasteiger partial charge in [-0.3, -0.25) is 0 Å². The van der Waals surface area contributed by atoms with Crippen molar-refractivity contribution >= 4 is 11.8 Å². The molecule has 92 valence electrons. The monoisotopic (exact) mass is 234 g/mol. The van der Waals surface area contributed by atoms with Gasteiger partial charge in [0.05, 0.1) is 12.7 Å². The van der Waals surface area contributed by atoms with Crippen molar-refractivity contribution < 1.29 is 9.53 Å². The molecule has 0 spiro atoms. The average molecular weight is 234 g/mol. The smallest absolute Gasteiger partial charge is 0.338 e. The summed E-state index contributed by atoms with van der Waals surface area (Å²) in [4.78, 5) is 15.5. The van der Waals surface area contributed by atoms with Gasteiger partial charge in [0.15, 0.2) is 0 Å². The molecule has 0 atom stereocenters. The van der Waals surface area contributed by atoms with E-state index in [1.54, 1.807) is 18.3 Å². The number of methoxy groups -OCH3 is 1. The summed E-state index contributed by atoms with van der Waals surface area (Å²) in [6, 6.07) is 3.38. The zero-order valence-corrected chi connectivity index (χ0v) is 10.1. The second-order valence-corrected chi connectivity index (χ2v) is 4.43. The molecule has 0 aliphatic heterocycles. The van der Waals surface area contributed by atoms with Gasteiger partial charge in [0.2, 0.25) is 0 Å². The minimum Gasteiger partial charge on any atom is -0.465 e. The number of esters is 1. The van der Waals surface area contributed by atoms with E-state index in [0.717, 1.165) is 18.3 Å². The number of nitrogens with zero attached hydrogens (tertiary/aromatic N) is 1. The molecular formula is C13H18N2O2. The summed E-state index contributed by atoms with van der Waals surface area (Å²) in [5, 5.41) is 3.24. The number of hydrogen-bond donors (Lipinski definition) is 1. The molecule has 17 heavy (non-hydrogen) atoms. The Kier molecular flexibility index (Phi) is 3.96. The summed E-state index contributed by atoms with van der Waals surface area (Å²) >= 11 is 0. The molecular weight excluding hydrogens is 216 g/mol. The standard InChI is InChI=1S/C13H18N2O2/c1-17-13(16)11-6-8-15-12(9-11)14-7-5-10-3-2-4-10/h6,8-10H,2-5,7H2,1H3,(H,14,15). The maximum atomic E-state index is 11.3. The van der Waals surface area contributed by atoms with Gasteiger partial charge < -0.3 is 10.1 Å². The summed E-state index contributed by atoms with van der Waals surface area (Å²) in [5.74, 6) is 1.30. The molecule has 2 rings (SSSR count). The molecule has 0 unspecified atom stereocenters. The second-order valence-electron chi connectivity index (χ2n) is 4.43. The fraction of sp³-hybridized carbons (Fsp3) is 0.538. The molecule has 1 aromatic heterocycles. The van der Waals surface area contributed by atoms with E-state index >= 15 is 0 Å². The van der Waals surface area contributed by atoms with E-state index in [4.69, 9.17) is 0 Å². The van der Waals surface area contributed by atoms with Crippen LogP contribution in [0.5, 0.6) is 0 Å². The van der Waals surface area contributed by atoms with Gasteiger partial charge in [-0.05, 0) is 24.5 Å². The normalized spacial score (nSPS) is 15.1. The van der Waals surface area contributed by atoms with Crippen LogP contribution in [-0.4, -0.2) is 24.6 Å². The molecule has 0 amide bonds. The third kappa shape index (κ3) is 3.19. The number of pyridine rings is 1. The van der Waals surface area contributed by atoms with Crippen LogP contribution in [0.3, 0.4) is 0 Å². The molecule has 1 aliphatic carbocycles. The fourth-order valence-electron chi connectivity index (χ4n) is 1.96. The lowest BCUT2D eigenvalue weighted by molar-refractivity contribution is 0.0600. The largest absolute Gasteiger partial charge is 0.465 e. The maximum absolute atomic E-state index is 11.3. The lowest BCUT2D eigenvalue weighted by atomic mass is 9.83. The number of nitrogens with one attached hydrogen (secondary N) is 1. The molecule has 1 N–H and O–H groups in total. The summed E-state index contributed by atoms with van der Waals surface area (Å²) in [5.41, 5.74) is 0.536. The molecule has 0 saturated heterocycles. The lowest BCUT2D eigenvalue weighted by Gasteiger charge is -2.25. The van der Waals surface area contributed by atoms with Crippen molar-refractivity contribution in [2.45, 2.75) is 25.7 Å². The van der Waals surface area contributed by atoms with Crippen LogP contribution in [0.4, 0.5) is 5.82 Å². The Morgan fingerprint density at radius 2 is 2.41 bits per heavy atom. The van der Waals surface area contributed by atoms with Gasteiger partial charge in [0.1, 0.15) is 5.82 Å². The number of aromatic nitrogens is 1. The highest BCUT2D eigenvalue weighted by molar-refractivity contribution is 5.89. The van der Waals surface area contributed by atoms with E-state index in [0.29, 0.717) is 5.56 Å². The minimum absolute atomic E-state index is 0.325. The van der Waals surface area contributed by atoms with Gasteiger partial charge in [0.25, 0.3) is 0 Å². The number of carbonyl (C=O) groups is 1. The first-order valence-electron chi connectivity index (χ1n) is 6.08. The Morgan fingerprint density at radius 3 is 3.06 bits per heavy atom. The molecule has 0 aromatic carbocycles. The predicted molar refractivity (Wildman–Crippen MR) is 66.0 cm³/mol. The van der Waals surface area contributed by atoms with E-state index in [-0.39, 0.29) is 5.97 Å². The molecule has 1 aliphatic rings. The topological polar surface area (TPSA) is 51.2 Å². The predicted octanol–water partition coefficient (Wildman–Crippen LogP) is 2.47. The SMILES string of the molecule is COC(=O)c1ccnc(NCCC2CCC2)c1. The van der Waals surface area contributed by atoms with Crippen LogP contribution in [0.2, 0.25) is 0 Å². The maximum Gasteiger partial charge on any atom is 0.338 e. The summed E-state index contributed by atoms with van der Waals surface area (Å²) in [6.07, 6.45) is 6.90. The fourth-order valence-corrected chi connectivity index (χ4v) is 1.96. The van der Waals surface area contributed by atoms with Crippen molar-refractivity contribution in [3.8, 4) is 0 Å². The first-order chi connectivity index (χ1) is 8.29. The van der Waals surface area contributed by atoms with Crippen LogP contribution in [0.15, 0.2) is 18.3 Å². The molecule has 1 saturated carbocycles. The molecule has 0 radical (unpaired) electrons. The highest BCUT2D eigenvalue weighted by Crippen LogP contribution is 2.29. The van der Waals surface area contributed by atoms with Crippen LogP contribution < -0.4 is 5.32 Å². The molecule has 1 aromatic rings. The number of ether oxygens (including phenoxy) is 1. The van der Waals surface area contributed by atoms with Crippen LogP contribution >= 0.6 is 0 Å². The summed E-state index contributed by atoms with van der Waals surface area (Å²) < 4.78 is 4.67. The second kappa shape index (κ2) is 5.66. The number of hydrogen-bond acceptors (Lipinski definition) is 4. The Morgan fingerprint density at radius 1 is 1.59 bits per heavy atom. The van der Waals surface area contributed by atoms with E-state index in [9.17, 15) is 4.79 Å². The van der Waals surface area contributed by atoms with Crippen molar-refractivity contribution in [2.24, 2.45) is 5.92 Å². The van der Waals surface area contributed by atoms with E-state index in [2.05, 4.69) is 15.0 Å². The Hall–Kier alpha value is -1.58. The van der Waals surface area contributed by atoms with Crippen molar-refractivity contribution in [1.82, 2.24) is 4.98 Å². The lowest BCUT2D eigenvalue weighted by Crippen LogP contribution is -2.16. The van der Waals surface area contributed by atoms with Gasteiger partial charge in [-0.25, -0.2) is 9.78 Å². The summed E-state index contributed by atoms with van der Waals surface area (Å²) in [6.45, 7) is 0.919. The average Bonchev–Trinajstić information content (AvgIpc) is 2.32. The number of carbonyl (C=O) groups excluding carboxylic acids is 1. The molecule has 4 heteroatoms.